The van der Waals surface area contributed by atoms with Crippen LogP contribution in [0.25, 0.3) is 11.5 Å². The van der Waals surface area contributed by atoms with Crippen LogP contribution in [0, 0.1) is 5.82 Å². The monoisotopic (exact) mass is 366 g/mol. The molecule has 0 bridgehead atoms. The molecule has 0 aliphatic rings. The van der Waals surface area contributed by atoms with Gasteiger partial charge in [0.15, 0.2) is 11.5 Å². The van der Waals surface area contributed by atoms with Crippen molar-refractivity contribution in [3.8, 4) is 11.5 Å². The zero-order valence-corrected chi connectivity index (χ0v) is 14.2. The molecule has 0 spiro atoms. The molecule has 0 fully saturated rings. The van der Waals surface area contributed by atoms with Crippen LogP contribution in [0.1, 0.15) is 21.8 Å². The van der Waals surface area contributed by atoms with E-state index in [-0.39, 0.29) is 30.6 Å². The predicted octanol–water partition coefficient (Wildman–Crippen LogP) is 4.51. The lowest BCUT2D eigenvalue weighted by Gasteiger charge is -2.20. The fraction of sp³-hybridized carbons (Fsp3) is 0.100. The van der Waals surface area contributed by atoms with Crippen LogP contribution in [0.15, 0.2) is 80.5 Å². The quantitative estimate of drug-likeness (QED) is 0.502. The Balaban J connectivity index is 1.57. The summed E-state index contributed by atoms with van der Waals surface area (Å²) in [4.78, 5) is 14.3. The molecule has 1 aromatic carbocycles. The highest BCUT2D eigenvalue weighted by molar-refractivity contribution is 5.91. The molecule has 7 heteroatoms. The van der Waals surface area contributed by atoms with Gasteiger partial charge in [-0.15, -0.1) is 0 Å². The van der Waals surface area contributed by atoms with Gasteiger partial charge in [0.25, 0.3) is 5.91 Å². The molecule has 0 N–H and O–H groups in total. The molecule has 0 aliphatic heterocycles. The number of rotatable bonds is 6. The molecule has 4 rings (SSSR count). The Hall–Kier alpha value is -3.61. The van der Waals surface area contributed by atoms with E-state index in [0.29, 0.717) is 17.2 Å². The van der Waals surface area contributed by atoms with Crippen molar-refractivity contribution >= 4 is 5.91 Å². The SMILES string of the molecule is O=C(c1ccco1)N(Cc1ccc(F)cc1)Cc1cc(-c2ccco2)on1. The molecule has 6 nitrogen and oxygen atoms in total. The van der Waals surface area contributed by atoms with Gasteiger partial charge >= 0.3 is 0 Å². The van der Waals surface area contributed by atoms with Crippen molar-refractivity contribution in [1.82, 2.24) is 10.1 Å². The average Bonchev–Trinajstić information content (AvgIpc) is 3.44. The Kier molecular flexibility index (Phi) is 4.57. The second-order valence-corrected chi connectivity index (χ2v) is 5.92. The van der Waals surface area contributed by atoms with Crippen LogP contribution in [0.3, 0.4) is 0 Å². The summed E-state index contributed by atoms with van der Waals surface area (Å²) in [6.45, 7) is 0.462. The molecule has 0 saturated heterocycles. The van der Waals surface area contributed by atoms with Crippen LogP contribution in [-0.4, -0.2) is 16.0 Å². The molecule has 0 saturated carbocycles. The van der Waals surface area contributed by atoms with Crippen LogP contribution in [0.4, 0.5) is 4.39 Å². The summed E-state index contributed by atoms with van der Waals surface area (Å²) in [7, 11) is 0. The Morgan fingerprint density at radius 3 is 2.44 bits per heavy atom. The van der Waals surface area contributed by atoms with Crippen molar-refractivity contribution < 1.29 is 22.5 Å². The number of halogens is 1. The minimum Gasteiger partial charge on any atom is -0.461 e. The molecule has 3 aromatic heterocycles. The van der Waals surface area contributed by atoms with Crippen LogP contribution < -0.4 is 0 Å². The van der Waals surface area contributed by atoms with Gasteiger partial charge in [-0.1, -0.05) is 17.3 Å². The van der Waals surface area contributed by atoms with E-state index in [2.05, 4.69) is 5.16 Å². The van der Waals surface area contributed by atoms with Crippen LogP contribution >= 0.6 is 0 Å². The summed E-state index contributed by atoms with van der Waals surface area (Å²) in [5, 5.41) is 4.01. The number of aromatic nitrogens is 1. The number of carbonyl (C=O) groups is 1. The molecule has 0 aliphatic carbocycles. The zero-order chi connectivity index (χ0) is 18.6. The minimum atomic E-state index is -0.331. The van der Waals surface area contributed by atoms with Gasteiger partial charge in [0.1, 0.15) is 11.5 Å². The summed E-state index contributed by atoms with van der Waals surface area (Å²) in [5.74, 6) is 0.611. The Bertz CT molecular complexity index is 1000. The lowest BCUT2D eigenvalue weighted by Crippen LogP contribution is -2.30. The fourth-order valence-corrected chi connectivity index (χ4v) is 2.68. The second kappa shape index (κ2) is 7.33. The fourth-order valence-electron chi connectivity index (χ4n) is 2.68. The largest absolute Gasteiger partial charge is 0.461 e. The molecule has 136 valence electrons. The van der Waals surface area contributed by atoms with Gasteiger partial charge in [-0.25, -0.2) is 4.39 Å². The van der Waals surface area contributed by atoms with Crippen LogP contribution in [0.2, 0.25) is 0 Å². The molecule has 27 heavy (non-hydrogen) atoms. The summed E-state index contributed by atoms with van der Waals surface area (Å²) in [6.07, 6.45) is 2.98. The van der Waals surface area contributed by atoms with Crippen molar-refractivity contribution in [2.24, 2.45) is 0 Å². The van der Waals surface area contributed by atoms with E-state index in [4.69, 9.17) is 13.4 Å². The van der Waals surface area contributed by atoms with E-state index in [9.17, 15) is 9.18 Å². The third-order valence-corrected chi connectivity index (χ3v) is 3.98. The van der Waals surface area contributed by atoms with Gasteiger partial charge in [-0.2, -0.15) is 0 Å². The predicted molar refractivity (Wildman–Crippen MR) is 92.9 cm³/mol. The molecule has 3 heterocycles. The summed E-state index contributed by atoms with van der Waals surface area (Å²) in [6, 6.07) is 14.4. The van der Waals surface area contributed by atoms with E-state index >= 15 is 0 Å². The molecule has 0 unspecified atom stereocenters. The van der Waals surface area contributed by atoms with Crippen molar-refractivity contribution in [2.75, 3.05) is 0 Å². The van der Waals surface area contributed by atoms with Crippen LogP contribution in [0.5, 0.6) is 0 Å². The highest BCUT2D eigenvalue weighted by Gasteiger charge is 2.21. The molecule has 4 aromatic rings. The highest BCUT2D eigenvalue weighted by Crippen LogP contribution is 2.22. The van der Waals surface area contributed by atoms with Crippen molar-refractivity contribution in [3.63, 3.8) is 0 Å². The maximum atomic E-state index is 13.2. The molecular weight excluding hydrogens is 351 g/mol. The maximum Gasteiger partial charge on any atom is 0.290 e. The van der Waals surface area contributed by atoms with Crippen molar-refractivity contribution in [1.29, 1.82) is 0 Å². The van der Waals surface area contributed by atoms with E-state index < -0.39 is 0 Å². The second-order valence-electron chi connectivity index (χ2n) is 5.92. The number of hydrogen-bond donors (Lipinski definition) is 0. The average molecular weight is 366 g/mol. The van der Waals surface area contributed by atoms with Gasteiger partial charge in [-0.3, -0.25) is 4.79 Å². The van der Waals surface area contributed by atoms with E-state index in [1.807, 2.05) is 0 Å². The molecule has 0 radical (unpaired) electrons. The maximum absolute atomic E-state index is 13.2. The Morgan fingerprint density at radius 2 is 1.74 bits per heavy atom. The van der Waals surface area contributed by atoms with E-state index in [0.717, 1.165) is 5.56 Å². The summed E-state index contributed by atoms with van der Waals surface area (Å²) >= 11 is 0. The number of furan rings is 2. The van der Waals surface area contributed by atoms with Gasteiger partial charge in [0.2, 0.25) is 5.76 Å². The van der Waals surface area contributed by atoms with Gasteiger partial charge < -0.3 is 18.3 Å². The van der Waals surface area contributed by atoms with Crippen molar-refractivity contribution in [3.05, 3.63) is 90.0 Å². The first-order chi connectivity index (χ1) is 13.2. The number of amides is 1. The van der Waals surface area contributed by atoms with Gasteiger partial charge in [-0.05, 0) is 42.0 Å². The summed E-state index contributed by atoms with van der Waals surface area (Å²) in [5.41, 5.74) is 1.34. The molecule has 0 atom stereocenters. The van der Waals surface area contributed by atoms with E-state index in [1.54, 1.807) is 53.6 Å². The topological polar surface area (TPSA) is 72.6 Å². The molecular formula is C20H15FN2O4. The lowest BCUT2D eigenvalue weighted by atomic mass is 10.2. The Labute approximate surface area is 153 Å². The number of hydrogen-bond acceptors (Lipinski definition) is 5. The van der Waals surface area contributed by atoms with Gasteiger partial charge in [0.05, 0.1) is 19.1 Å². The minimum absolute atomic E-state index is 0.196. The number of nitrogens with zero attached hydrogens (tertiary/aromatic N) is 2. The summed E-state index contributed by atoms with van der Waals surface area (Å²) < 4.78 is 29.0. The Morgan fingerprint density at radius 1 is 0.963 bits per heavy atom. The molecule has 1 amide bonds. The third kappa shape index (κ3) is 3.82. The number of benzene rings is 1. The third-order valence-electron chi connectivity index (χ3n) is 3.98. The smallest absolute Gasteiger partial charge is 0.290 e. The van der Waals surface area contributed by atoms with E-state index in [1.165, 1.54) is 18.4 Å². The number of carbonyl (C=O) groups excluding carboxylic acids is 1. The van der Waals surface area contributed by atoms with Gasteiger partial charge in [0, 0.05) is 12.6 Å². The van der Waals surface area contributed by atoms with Crippen molar-refractivity contribution in [2.45, 2.75) is 13.1 Å². The van der Waals surface area contributed by atoms with Crippen LogP contribution in [-0.2, 0) is 13.1 Å². The first kappa shape index (κ1) is 16.8. The highest BCUT2D eigenvalue weighted by atomic mass is 19.1. The standard InChI is InChI=1S/C20H15FN2O4/c21-15-7-5-14(6-8-15)12-23(20(24)18-4-2-10-26-18)13-16-11-19(27-22-16)17-3-1-9-25-17/h1-11H,12-13H2. The zero-order valence-electron chi connectivity index (χ0n) is 14.2. The first-order valence-corrected chi connectivity index (χ1v) is 8.26. The normalized spacial score (nSPS) is 10.9. The lowest BCUT2D eigenvalue weighted by molar-refractivity contribution is 0.0694. The first-order valence-electron chi connectivity index (χ1n) is 8.26.